The van der Waals surface area contributed by atoms with Crippen LogP contribution in [-0.2, 0) is 0 Å². The zero-order valence-electron chi connectivity index (χ0n) is 29.3. The number of hydrogen-bond donors (Lipinski definition) is 0. The highest BCUT2D eigenvalue weighted by Crippen LogP contribution is 2.45. The van der Waals surface area contributed by atoms with Crippen molar-refractivity contribution in [3.63, 3.8) is 0 Å². The second-order valence-corrected chi connectivity index (χ2v) is 13.5. The van der Waals surface area contributed by atoms with E-state index >= 15 is 0 Å². The smallest absolute Gasteiger partial charge is 0.145 e. The molecule has 2 aromatic heterocycles. The molecule has 10 aromatic rings. The molecule has 53 heavy (non-hydrogen) atoms. The summed E-state index contributed by atoms with van der Waals surface area (Å²) in [6, 6.07) is 56.2. The van der Waals surface area contributed by atoms with E-state index in [0.29, 0.717) is 0 Å². The van der Waals surface area contributed by atoms with Gasteiger partial charge in [-0.05, 0) is 110 Å². The van der Waals surface area contributed by atoms with Gasteiger partial charge in [0.25, 0.3) is 0 Å². The molecular formula is C50H34N2O. The topological polar surface area (TPSA) is 31.0 Å². The molecule has 0 aliphatic carbocycles. The molecule has 0 saturated carbocycles. The maximum atomic E-state index is 6.41. The molecule has 10 rings (SSSR count). The van der Waals surface area contributed by atoms with Crippen molar-refractivity contribution >= 4 is 66.7 Å². The first kappa shape index (κ1) is 30.8. The third kappa shape index (κ3) is 4.93. The van der Waals surface area contributed by atoms with Crippen molar-refractivity contribution < 1.29 is 4.42 Å². The van der Waals surface area contributed by atoms with Gasteiger partial charge in [0.2, 0.25) is 0 Å². The molecule has 2 heterocycles. The largest absolute Gasteiger partial charge is 0.456 e. The minimum Gasteiger partial charge on any atom is -0.456 e. The highest BCUT2D eigenvalue weighted by Gasteiger charge is 2.20. The predicted molar refractivity (Wildman–Crippen MR) is 224 cm³/mol. The van der Waals surface area contributed by atoms with Gasteiger partial charge in [-0.2, -0.15) is 0 Å². The van der Waals surface area contributed by atoms with Crippen LogP contribution >= 0.6 is 0 Å². The summed E-state index contributed by atoms with van der Waals surface area (Å²) >= 11 is 0. The minimum atomic E-state index is 0.875. The molecule has 0 spiro atoms. The first-order valence-electron chi connectivity index (χ1n) is 18.0. The summed E-state index contributed by atoms with van der Waals surface area (Å²) in [5, 5.41) is 7.00. The Kier molecular flexibility index (Phi) is 7.19. The molecule has 0 fully saturated rings. The Morgan fingerprint density at radius 3 is 1.75 bits per heavy atom. The van der Waals surface area contributed by atoms with Crippen LogP contribution in [-0.4, -0.2) is 9.55 Å². The maximum absolute atomic E-state index is 6.41. The van der Waals surface area contributed by atoms with Crippen LogP contribution in [0.5, 0.6) is 0 Å². The molecule has 0 unspecified atom stereocenters. The molecular weight excluding hydrogens is 645 g/mol. The fraction of sp³-hybridized carbons (Fsp3) is 0.0200. The monoisotopic (exact) mass is 678 g/mol. The van der Waals surface area contributed by atoms with Crippen molar-refractivity contribution in [1.82, 2.24) is 9.55 Å². The minimum absolute atomic E-state index is 0.875. The van der Waals surface area contributed by atoms with E-state index in [9.17, 15) is 0 Å². The van der Waals surface area contributed by atoms with Gasteiger partial charge in [-0.1, -0.05) is 134 Å². The van der Waals surface area contributed by atoms with Crippen LogP contribution in [0.1, 0.15) is 18.1 Å². The number of aromatic nitrogens is 2. The number of imidazole rings is 1. The molecule has 0 N–H and O–H groups in total. The van der Waals surface area contributed by atoms with Crippen molar-refractivity contribution in [3.05, 3.63) is 182 Å². The molecule has 0 bridgehead atoms. The van der Waals surface area contributed by atoms with E-state index in [2.05, 4.69) is 169 Å². The lowest BCUT2D eigenvalue weighted by molar-refractivity contribution is 0.669. The summed E-state index contributed by atoms with van der Waals surface area (Å²) in [6.07, 6.45) is 6.07. The number of para-hydroxylation sites is 1. The lowest BCUT2D eigenvalue weighted by Crippen LogP contribution is -1.97. The van der Waals surface area contributed by atoms with Gasteiger partial charge in [0.05, 0.1) is 11.0 Å². The van der Waals surface area contributed by atoms with Crippen LogP contribution in [0.25, 0.3) is 106 Å². The second kappa shape index (κ2) is 12.4. The van der Waals surface area contributed by atoms with E-state index in [0.717, 1.165) is 72.3 Å². The number of benzene rings is 8. The number of allylic oxidation sites excluding steroid dienone is 1. The zero-order chi connectivity index (χ0) is 35.5. The number of hydrogen-bond acceptors (Lipinski definition) is 2. The number of fused-ring (bicyclic) bond motifs is 6. The summed E-state index contributed by atoms with van der Waals surface area (Å²) in [4.78, 5) is 5.29. The van der Waals surface area contributed by atoms with Crippen molar-refractivity contribution in [2.45, 2.75) is 6.92 Å². The molecule has 0 atom stereocenters. The lowest BCUT2D eigenvalue weighted by Gasteiger charge is -2.18. The average Bonchev–Trinajstić information content (AvgIpc) is 3.77. The molecule has 0 radical (unpaired) electrons. The van der Waals surface area contributed by atoms with Gasteiger partial charge >= 0.3 is 0 Å². The van der Waals surface area contributed by atoms with Crippen LogP contribution in [0.4, 0.5) is 0 Å². The Bertz CT molecular complexity index is 3020. The average molecular weight is 679 g/mol. The molecule has 3 heteroatoms. The van der Waals surface area contributed by atoms with Crippen LogP contribution in [0.2, 0.25) is 0 Å². The first-order valence-corrected chi connectivity index (χ1v) is 18.0. The van der Waals surface area contributed by atoms with Crippen LogP contribution in [0.3, 0.4) is 0 Å². The maximum Gasteiger partial charge on any atom is 0.145 e. The molecule has 0 saturated heterocycles. The van der Waals surface area contributed by atoms with Gasteiger partial charge in [0, 0.05) is 22.0 Å². The van der Waals surface area contributed by atoms with Gasteiger partial charge in [0.15, 0.2) is 0 Å². The van der Waals surface area contributed by atoms with E-state index in [-0.39, 0.29) is 0 Å². The Morgan fingerprint density at radius 1 is 0.528 bits per heavy atom. The molecule has 250 valence electrons. The fourth-order valence-corrected chi connectivity index (χ4v) is 8.12. The summed E-state index contributed by atoms with van der Waals surface area (Å²) in [7, 11) is 0. The number of nitrogens with zero attached hydrogens (tertiary/aromatic N) is 2. The van der Waals surface area contributed by atoms with E-state index in [1.165, 1.54) is 32.7 Å². The first-order chi connectivity index (χ1) is 26.2. The molecule has 0 aliphatic heterocycles. The Labute approximate surface area is 307 Å². The summed E-state index contributed by atoms with van der Waals surface area (Å²) in [5.74, 6) is 0.925. The van der Waals surface area contributed by atoms with Gasteiger partial charge < -0.3 is 4.42 Å². The molecule has 3 nitrogen and oxygen atoms in total. The van der Waals surface area contributed by atoms with Gasteiger partial charge in [-0.25, -0.2) is 4.98 Å². The highest BCUT2D eigenvalue weighted by atomic mass is 16.3. The number of rotatable bonds is 6. The van der Waals surface area contributed by atoms with Crippen molar-refractivity contribution in [3.8, 4) is 39.3 Å². The van der Waals surface area contributed by atoms with Gasteiger partial charge in [-0.15, -0.1) is 0 Å². The lowest BCUT2D eigenvalue weighted by atomic mass is 9.85. The van der Waals surface area contributed by atoms with Gasteiger partial charge in [0.1, 0.15) is 17.0 Å². The fourth-order valence-electron chi connectivity index (χ4n) is 8.12. The SMILES string of the molecule is C=Cc1cc2c(cc1/C=C\C)oc1ccc(-c3c4ccccc4c(-c4ccc5c(c4)nc(-c4ccccc4)n5-c4ccccc4)c4ccccc34)cc12. The quantitative estimate of drug-likeness (QED) is 0.164. The van der Waals surface area contributed by atoms with Gasteiger partial charge in [-0.3, -0.25) is 4.57 Å². The molecule has 8 aromatic carbocycles. The van der Waals surface area contributed by atoms with Crippen LogP contribution in [0.15, 0.2) is 175 Å². The normalized spacial score (nSPS) is 11.9. The van der Waals surface area contributed by atoms with Crippen LogP contribution < -0.4 is 0 Å². The Balaban J connectivity index is 1.21. The highest BCUT2D eigenvalue weighted by molar-refractivity contribution is 6.22. The zero-order valence-corrected chi connectivity index (χ0v) is 29.3. The summed E-state index contributed by atoms with van der Waals surface area (Å²) in [5.41, 5.74) is 12.8. The van der Waals surface area contributed by atoms with E-state index < -0.39 is 0 Å². The van der Waals surface area contributed by atoms with E-state index in [1.54, 1.807) is 0 Å². The van der Waals surface area contributed by atoms with E-state index in [1.807, 2.05) is 25.1 Å². The standard InChI is InChI=1S/C50H34N2O/c1-3-15-34-31-47-43(28-32(34)4-2)42-29-35(25-27-46(42)53-47)48-38-20-11-13-22-40(38)49(41-23-14-12-21-39(41)48)36-24-26-45-44(30-36)51-50(33-16-7-5-8-17-33)52(45)37-18-9-6-10-19-37/h3-31H,2H2,1H3/b15-3-. The Morgan fingerprint density at radius 2 is 1.11 bits per heavy atom. The van der Waals surface area contributed by atoms with Crippen LogP contribution in [0, 0.1) is 0 Å². The van der Waals surface area contributed by atoms with E-state index in [4.69, 9.17) is 9.40 Å². The predicted octanol–water partition coefficient (Wildman–Crippen LogP) is 13.9. The van der Waals surface area contributed by atoms with Crippen molar-refractivity contribution in [2.75, 3.05) is 0 Å². The molecule has 0 aliphatic rings. The van der Waals surface area contributed by atoms with Crippen molar-refractivity contribution in [1.29, 1.82) is 0 Å². The summed E-state index contributed by atoms with van der Waals surface area (Å²) < 4.78 is 8.67. The third-order valence-corrected chi connectivity index (χ3v) is 10.5. The van der Waals surface area contributed by atoms with Crippen molar-refractivity contribution in [2.24, 2.45) is 0 Å². The Hall–Kier alpha value is -6.97. The molecule has 0 amide bonds. The number of furan rings is 1. The third-order valence-electron chi connectivity index (χ3n) is 10.5. The second-order valence-electron chi connectivity index (χ2n) is 13.5. The summed E-state index contributed by atoms with van der Waals surface area (Å²) in [6.45, 7) is 6.12.